The fourth-order valence-electron chi connectivity index (χ4n) is 3.16. The second-order valence-corrected chi connectivity index (χ2v) is 8.04. The number of methoxy groups -OCH3 is 1. The van der Waals surface area contributed by atoms with Gasteiger partial charge in [0.05, 0.1) is 12.0 Å². The summed E-state index contributed by atoms with van der Waals surface area (Å²) < 4.78 is 6.11. The van der Waals surface area contributed by atoms with Crippen LogP contribution in [0.4, 0.5) is 0 Å². The molecule has 0 saturated carbocycles. The van der Waals surface area contributed by atoms with Gasteiger partial charge in [0.2, 0.25) is 0 Å². The first kappa shape index (κ1) is 14.4. The third kappa shape index (κ3) is 2.61. The van der Waals surface area contributed by atoms with Crippen molar-refractivity contribution in [2.24, 2.45) is 5.41 Å². The number of hydrogen-bond acceptors (Lipinski definition) is 4. The molecule has 1 spiro atoms. The number of thiophene rings is 1. The normalized spacial score (nSPS) is 21.4. The van der Waals surface area contributed by atoms with Crippen molar-refractivity contribution in [2.75, 3.05) is 33.3 Å². The van der Waals surface area contributed by atoms with E-state index in [1.165, 1.54) is 17.8 Å². The first-order valence-electron chi connectivity index (χ1n) is 6.97. The van der Waals surface area contributed by atoms with E-state index in [1.54, 1.807) is 7.11 Å². The molecule has 2 aliphatic heterocycles. The highest BCUT2D eigenvalue weighted by Crippen LogP contribution is 2.39. The van der Waals surface area contributed by atoms with Gasteiger partial charge in [-0.2, -0.15) is 0 Å². The van der Waals surface area contributed by atoms with E-state index in [1.807, 2.05) is 11.0 Å². The van der Waals surface area contributed by atoms with Crippen LogP contribution in [0.2, 0.25) is 0 Å². The van der Waals surface area contributed by atoms with E-state index in [9.17, 15) is 4.79 Å². The molecular formula is C14H19BrN2O2S. The number of hydrogen-bond donors (Lipinski definition) is 1. The molecule has 2 fully saturated rings. The average molecular weight is 359 g/mol. The summed E-state index contributed by atoms with van der Waals surface area (Å²) in [7, 11) is 1.62. The van der Waals surface area contributed by atoms with E-state index in [4.69, 9.17) is 4.74 Å². The van der Waals surface area contributed by atoms with Gasteiger partial charge in [-0.15, -0.1) is 11.3 Å². The number of nitrogens with one attached hydrogen (secondary N) is 1. The summed E-state index contributed by atoms with van der Waals surface area (Å²) in [4.78, 5) is 15.3. The van der Waals surface area contributed by atoms with Crippen LogP contribution in [0.3, 0.4) is 0 Å². The van der Waals surface area contributed by atoms with Gasteiger partial charge in [0, 0.05) is 25.7 Å². The van der Waals surface area contributed by atoms with Gasteiger partial charge in [0.1, 0.15) is 9.54 Å². The third-order valence-electron chi connectivity index (χ3n) is 4.53. The fourth-order valence-corrected chi connectivity index (χ4v) is 4.78. The molecule has 1 N–H and O–H groups in total. The lowest BCUT2D eigenvalue weighted by molar-refractivity contribution is 0.0612. The number of nitrogens with zero attached hydrogens (tertiary/aromatic N) is 1. The van der Waals surface area contributed by atoms with Crippen molar-refractivity contribution < 1.29 is 9.53 Å². The van der Waals surface area contributed by atoms with Gasteiger partial charge in [-0.1, -0.05) is 0 Å². The van der Waals surface area contributed by atoms with Crippen molar-refractivity contribution >= 4 is 33.2 Å². The van der Waals surface area contributed by atoms with Crippen LogP contribution < -0.4 is 10.1 Å². The number of rotatable bonds is 2. The topological polar surface area (TPSA) is 41.6 Å². The van der Waals surface area contributed by atoms with Gasteiger partial charge >= 0.3 is 0 Å². The largest absolute Gasteiger partial charge is 0.495 e. The van der Waals surface area contributed by atoms with Gasteiger partial charge in [-0.25, -0.2) is 0 Å². The van der Waals surface area contributed by atoms with E-state index < -0.39 is 0 Å². The molecule has 3 heterocycles. The zero-order valence-electron chi connectivity index (χ0n) is 11.6. The zero-order chi connectivity index (χ0) is 14.2. The van der Waals surface area contributed by atoms with E-state index in [0.29, 0.717) is 5.41 Å². The third-order valence-corrected chi connectivity index (χ3v) is 6.30. The van der Waals surface area contributed by atoms with Gasteiger partial charge in [0.25, 0.3) is 5.91 Å². The van der Waals surface area contributed by atoms with Crippen molar-refractivity contribution in [2.45, 2.75) is 19.3 Å². The summed E-state index contributed by atoms with van der Waals surface area (Å²) in [5, 5.41) is 3.45. The van der Waals surface area contributed by atoms with Crippen molar-refractivity contribution in [1.82, 2.24) is 10.2 Å². The Balaban J connectivity index is 1.66. The number of likely N-dealkylation sites (tertiary alicyclic amines) is 1. The fraction of sp³-hybridized carbons (Fsp3) is 0.643. The summed E-state index contributed by atoms with van der Waals surface area (Å²) in [5.74, 6) is 0.881. The molecule has 0 aliphatic carbocycles. The summed E-state index contributed by atoms with van der Waals surface area (Å²) in [6, 6.07) is 1.83. The maximum Gasteiger partial charge on any atom is 0.264 e. The quantitative estimate of drug-likeness (QED) is 0.883. The van der Waals surface area contributed by atoms with Gasteiger partial charge in [0.15, 0.2) is 0 Å². The van der Waals surface area contributed by atoms with E-state index in [0.717, 1.165) is 53.4 Å². The molecule has 6 heteroatoms. The smallest absolute Gasteiger partial charge is 0.264 e. The Morgan fingerprint density at radius 2 is 2.20 bits per heavy atom. The van der Waals surface area contributed by atoms with Gasteiger partial charge in [-0.05, 0) is 47.2 Å². The summed E-state index contributed by atoms with van der Waals surface area (Å²) in [6.45, 7) is 3.99. The number of amides is 1. The van der Waals surface area contributed by atoms with Crippen LogP contribution in [0.5, 0.6) is 5.75 Å². The number of carbonyl (C=O) groups excluding carboxylic acids is 1. The zero-order valence-corrected chi connectivity index (χ0v) is 14.0. The molecule has 4 nitrogen and oxygen atoms in total. The van der Waals surface area contributed by atoms with Crippen LogP contribution in [0.15, 0.2) is 9.85 Å². The molecule has 2 aliphatic rings. The molecule has 0 radical (unpaired) electrons. The highest BCUT2D eigenvalue weighted by Gasteiger charge is 2.38. The molecule has 2 saturated heterocycles. The number of halogens is 1. The predicted molar refractivity (Wildman–Crippen MR) is 83.6 cm³/mol. The average Bonchev–Trinajstić information content (AvgIpc) is 3.06. The monoisotopic (exact) mass is 358 g/mol. The highest BCUT2D eigenvalue weighted by atomic mass is 79.9. The number of carbonyl (C=O) groups is 1. The maximum absolute atomic E-state index is 12.5. The highest BCUT2D eigenvalue weighted by molar-refractivity contribution is 9.11. The Labute approximate surface area is 131 Å². The van der Waals surface area contributed by atoms with E-state index >= 15 is 0 Å². The second kappa shape index (κ2) is 5.66. The van der Waals surface area contributed by atoms with Crippen LogP contribution in [-0.2, 0) is 0 Å². The van der Waals surface area contributed by atoms with Crippen molar-refractivity contribution in [3.8, 4) is 5.75 Å². The van der Waals surface area contributed by atoms with Gasteiger partial charge < -0.3 is 15.0 Å². The molecule has 20 heavy (non-hydrogen) atoms. The number of piperidine rings is 1. The van der Waals surface area contributed by atoms with Crippen LogP contribution >= 0.6 is 27.3 Å². The minimum Gasteiger partial charge on any atom is -0.495 e. The molecule has 1 aromatic rings. The molecular weight excluding hydrogens is 340 g/mol. The lowest BCUT2D eigenvalue weighted by Crippen LogP contribution is -2.43. The molecule has 1 amide bonds. The Morgan fingerprint density at radius 3 is 2.75 bits per heavy atom. The molecule has 0 bridgehead atoms. The van der Waals surface area contributed by atoms with Gasteiger partial charge in [-0.3, -0.25) is 4.79 Å². The minimum atomic E-state index is 0.139. The summed E-state index contributed by atoms with van der Waals surface area (Å²) >= 11 is 4.89. The van der Waals surface area contributed by atoms with Crippen LogP contribution in [0.1, 0.15) is 28.9 Å². The van der Waals surface area contributed by atoms with Crippen LogP contribution in [0, 0.1) is 5.41 Å². The summed E-state index contributed by atoms with van der Waals surface area (Å²) in [6.07, 6.45) is 3.50. The van der Waals surface area contributed by atoms with Crippen molar-refractivity contribution in [1.29, 1.82) is 0 Å². The SMILES string of the molecule is COc1cc(C(=O)N2CCC3(CCNC3)CC2)sc1Br. The minimum absolute atomic E-state index is 0.139. The number of ether oxygens (including phenoxy) is 1. The van der Waals surface area contributed by atoms with Crippen molar-refractivity contribution in [3.63, 3.8) is 0 Å². The summed E-state index contributed by atoms with van der Waals surface area (Å²) in [5.41, 5.74) is 0.449. The second-order valence-electron chi connectivity index (χ2n) is 5.67. The molecule has 3 rings (SSSR count). The molecule has 0 aromatic carbocycles. The first-order valence-corrected chi connectivity index (χ1v) is 8.58. The predicted octanol–water partition coefficient (Wildman–Crippen LogP) is 2.73. The first-order chi connectivity index (χ1) is 9.63. The Morgan fingerprint density at radius 1 is 1.45 bits per heavy atom. The van der Waals surface area contributed by atoms with E-state index in [-0.39, 0.29) is 5.91 Å². The Hall–Kier alpha value is -0.590. The molecule has 0 atom stereocenters. The van der Waals surface area contributed by atoms with Crippen molar-refractivity contribution in [3.05, 3.63) is 14.7 Å². The molecule has 1 aromatic heterocycles. The molecule has 110 valence electrons. The Bertz CT molecular complexity index is 501. The lowest BCUT2D eigenvalue weighted by atomic mass is 9.78. The Kier molecular flexibility index (Phi) is 4.06. The maximum atomic E-state index is 12.5. The lowest BCUT2D eigenvalue weighted by Gasteiger charge is -2.38. The standard InChI is InChI=1S/C14H19BrN2O2S/c1-19-10-8-11(20-12(10)15)13(18)17-6-3-14(4-7-17)2-5-16-9-14/h8,16H,2-7,9H2,1H3. The van der Waals surface area contributed by atoms with Crippen LogP contribution in [-0.4, -0.2) is 44.1 Å². The van der Waals surface area contributed by atoms with E-state index in [2.05, 4.69) is 21.2 Å². The van der Waals surface area contributed by atoms with Crippen LogP contribution in [0.25, 0.3) is 0 Å². The molecule has 0 unspecified atom stereocenters.